The quantitative estimate of drug-likeness (QED) is 0.659. The van der Waals surface area contributed by atoms with E-state index in [1.807, 2.05) is 0 Å². The van der Waals surface area contributed by atoms with Crippen molar-refractivity contribution in [3.05, 3.63) is 33.1 Å². The maximum Gasteiger partial charge on any atom is 0.354 e. The molecule has 162 valence electrons. The van der Waals surface area contributed by atoms with Gasteiger partial charge in [-0.25, -0.2) is 19.1 Å². The number of urea groups is 1. The number of amides is 2. The molecule has 2 aromatic rings. The summed E-state index contributed by atoms with van der Waals surface area (Å²) in [6, 6.07) is -0.748. The number of aryl methyl sites for hydroxylation is 2. The first-order chi connectivity index (χ1) is 14.0. The van der Waals surface area contributed by atoms with E-state index in [1.165, 1.54) is 0 Å². The van der Waals surface area contributed by atoms with Crippen LogP contribution in [0.3, 0.4) is 0 Å². The molecule has 8 nitrogen and oxygen atoms in total. The SMILES string of the molecule is Cc1sc(S(N)(=O)=NC(=O)Nc2c3c(nc4c2CCC4C)CCC3)nc1C(C)(C)O. The van der Waals surface area contributed by atoms with Crippen LogP contribution in [-0.2, 0) is 34.8 Å². The van der Waals surface area contributed by atoms with Crippen molar-refractivity contribution in [2.24, 2.45) is 9.50 Å². The van der Waals surface area contributed by atoms with Crippen molar-refractivity contribution in [3.63, 3.8) is 0 Å². The second kappa shape index (κ2) is 7.37. The summed E-state index contributed by atoms with van der Waals surface area (Å²) in [6.45, 7) is 7.09. The van der Waals surface area contributed by atoms with Gasteiger partial charge in [-0.05, 0) is 69.9 Å². The normalized spacial score (nSPS) is 19.9. The summed E-state index contributed by atoms with van der Waals surface area (Å²) in [7, 11) is -3.54. The number of pyridine rings is 1. The maximum atomic E-state index is 13.0. The third-order valence-corrected chi connectivity index (χ3v) is 8.47. The molecular weight excluding hydrogens is 422 g/mol. The second-order valence-electron chi connectivity index (χ2n) is 8.60. The Kier molecular flexibility index (Phi) is 5.24. The van der Waals surface area contributed by atoms with Gasteiger partial charge in [-0.15, -0.1) is 15.7 Å². The molecule has 2 aliphatic carbocycles. The van der Waals surface area contributed by atoms with Crippen LogP contribution in [0.15, 0.2) is 8.70 Å². The van der Waals surface area contributed by atoms with E-state index in [1.54, 1.807) is 20.8 Å². The smallest absolute Gasteiger partial charge is 0.354 e. The van der Waals surface area contributed by atoms with Crippen molar-refractivity contribution in [2.45, 2.75) is 75.7 Å². The number of thiazole rings is 1. The number of nitrogens with two attached hydrogens (primary N) is 1. The molecule has 0 aliphatic heterocycles. The monoisotopic (exact) mass is 449 g/mol. The summed E-state index contributed by atoms with van der Waals surface area (Å²) in [4.78, 5) is 22.5. The molecule has 4 N–H and O–H groups in total. The Balaban J connectivity index is 1.68. The van der Waals surface area contributed by atoms with Crippen molar-refractivity contribution < 1.29 is 14.1 Å². The van der Waals surface area contributed by atoms with E-state index >= 15 is 0 Å². The summed E-state index contributed by atoms with van der Waals surface area (Å²) in [6.07, 6.45) is 4.62. The van der Waals surface area contributed by atoms with Crippen molar-refractivity contribution >= 4 is 33.0 Å². The lowest BCUT2D eigenvalue weighted by molar-refractivity contribution is 0.0734. The predicted molar refractivity (Wildman–Crippen MR) is 117 cm³/mol. The van der Waals surface area contributed by atoms with Gasteiger partial charge in [-0.3, -0.25) is 4.98 Å². The zero-order valence-corrected chi connectivity index (χ0v) is 19.2. The number of carbonyl (C=O) groups is 1. The van der Waals surface area contributed by atoms with E-state index < -0.39 is 21.5 Å². The van der Waals surface area contributed by atoms with E-state index in [9.17, 15) is 14.1 Å². The molecule has 0 spiro atoms. The molecule has 2 atom stereocenters. The molecular formula is C20H27N5O3S2. The van der Waals surface area contributed by atoms with E-state index in [2.05, 4.69) is 21.6 Å². The molecule has 2 amide bonds. The number of nitrogens with one attached hydrogen (secondary N) is 1. The number of fused-ring (bicyclic) bond motifs is 2. The first-order valence-electron chi connectivity index (χ1n) is 10.1. The molecule has 0 fully saturated rings. The van der Waals surface area contributed by atoms with Crippen LogP contribution in [0.25, 0.3) is 0 Å². The van der Waals surface area contributed by atoms with Gasteiger partial charge in [0.15, 0.2) is 9.92 Å². The third-order valence-electron chi connectivity index (χ3n) is 5.71. The molecule has 0 saturated heterocycles. The molecule has 10 heteroatoms. The van der Waals surface area contributed by atoms with E-state index in [0.717, 1.165) is 71.6 Å². The van der Waals surface area contributed by atoms with Gasteiger partial charge >= 0.3 is 6.03 Å². The maximum absolute atomic E-state index is 13.0. The van der Waals surface area contributed by atoms with Crippen LogP contribution in [0.4, 0.5) is 10.5 Å². The van der Waals surface area contributed by atoms with Crippen LogP contribution in [0, 0.1) is 6.92 Å². The van der Waals surface area contributed by atoms with Crippen LogP contribution in [-0.4, -0.2) is 25.3 Å². The summed E-state index contributed by atoms with van der Waals surface area (Å²) in [5.74, 6) is 0.357. The van der Waals surface area contributed by atoms with Crippen molar-refractivity contribution in [1.29, 1.82) is 0 Å². The third kappa shape index (κ3) is 3.77. The zero-order chi connectivity index (χ0) is 21.8. The molecule has 0 saturated carbocycles. The van der Waals surface area contributed by atoms with Crippen molar-refractivity contribution in [2.75, 3.05) is 5.32 Å². The number of nitrogens with zero attached hydrogens (tertiary/aromatic N) is 3. The molecule has 4 rings (SSSR count). The Labute approximate surface area is 180 Å². The first-order valence-corrected chi connectivity index (χ1v) is 12.5. The topological polar surface area (TPSA) is 131 Å². The van der Waals surface area contributed by atoms with Crippen LogP contribution in [0.2, 0.25) is 0 Å². The first kappa shape index (κ1) is 21.4. The Morgan fingerprint density at radius 3 is 2.70 bits per heavy atom. The fraction of sp³-hybridized carbons (Fsp3) is 0.550. The minimum atomic E-state index is -3.54. The molecule has 0 aromatic carbocycles. The zero-order valence-electron chi connectivity index (χ0n) is 17.6. The molecule has 2 aromatic heterocycles. The predicted octanol–water partition coefficient (Wildman–Crippen LogP) is 3.55. The molecule has 2 unspecified atom stereocenters. The molecule has 0 bridgehead atoms. The molecule has 30 heavy (non-hydrogen) atoms. The van der Waals surface area contributed by atoms with Crippen molar-refractivity contribution in [3.8, 4) is 0 Å². The lowest BCUT2D eigenvalue weighted by atomic mass is 10.0. The van der Waals surface area contributed by atoms with E-state index in [0.29, 0.717) is 16.5 Å². The number of anilines is 1. The average molecular weight is 450 g/mol. The summed E-state index contributed by atoms with van der Waals surface area (Å²) < 4.78 is 16.8. The van der Waals surface area contributed by atoms with Gasteiger partial charge in [-0.2, -0.15) is 0 Å². The van der Waals surface area contributed by atoms with E-state index in [-0.39, 0.29) is 4.34 Å². The fourth-order valence-corrected chi connectivity index (χ4v) is 6.66. The van der Waals surface area contributed by atoms with Gasteiger partial charge in [0.1, 0.15) is 5.60 Å². The Bertz CT molecular complexity index is 1160. The number of rotatable bonds is 3. The van der Waals surface area contributed by atoms with Gasteiger partial charge < -0.3 is 10.4 Å². The van der Waals surface area contributed by atoms with Gasteiger partial charge in [-0.1, -0.05) is 6.92 Å². The van der Waals surface area contributed by atoms with Crippen LogP contribution in [0.1, 0.15) is 72.6 Å². The van der Waals surface area contributed by atoms with Crippen LogP contribution < -0.4 is 10.5 Å². The number of aliphatic hydroxyl groups is 1. The van der Waals surface area contributed by atoms with Crippen LogP contribution >= 0.6 is 11.3 Å². The number of aromatic nitrogens is 2. The summed E-state index contributed by atoms with van der Waals surface area (Å²) >= 11 is 1.08. The van der Waals surface area contributed by atoms with Gasteiger partial charge in [0.05, 0.1) is 11.4 Å². The fourth-order valence-electron chi connectivity index (χ4n) is 4.31. The largest absolute Gasteiger partial charge is 0.384 e. The highest BCUT2D eigenvalue weighted by atomic mass is 32.2. The summed E-state index contributed by atoms with van der Waals surface area (Å²) in [5, 5.41) is 19.0. The molecule has 2 heterocycles. The minimum Gasteiger partial charge on any atom is -0.384 e. The molecule has 2 aliphatic rings. The standard InChI is InChI=1S/C20H27N5O3S2/c1-10-8-9-13-15(10)22-14-7-5-6-12(14)16(13)23-18(26)25-30(21,28)19-24-17(11(2)29-19)20(3,4)27/h10,27H,5-9H2,1-4H3,(H3,21,22,23,25,26,28). The minimum absolute atomic E-state index is 0.0334. The Hall–Kier alpha value is -1.88. The van der Waals surface area contributed by atoms with Crippen molar-refractivity contribution in [1.82, 2.24) is 9.97 Å². The van der Waals surface area contributed by atoms with Gasteiger partial charge in [0.2, 0.25) is 4.34 Å². The summed E-state index contributed by atoms with van der Waals surface area (Å²) in [5.41, 5.74) is 4.16. The van der Waals surface area contributed by atoms with E-state index in [4.69, 9.17) is 10.1 Å². The number of hydrogen-bond donors (Lipinski definition) is 3. The highest BCUT2D eigenvalue weighted by molar-refractivity contribution is 7.93. The highest BCUT2D eigenvalue weighted by Crippen LogP contribution is 2.41. The average Bonchev–Trinajstić information content (AvgIpc) is 3.33. The van der Waals surface area contributed by atoms with Gasteiger partial charge in [0.25, 0.3) is 0 Å². The number of carbonyl (C=O) groups excluding carboxylic acids is 1. The lowest BCUT2D eigenvalue weighted by Crippen LogP contribution is -2.20. The second-order valence-corrected chi connectivity index (χ2v) is 11.8. The molecule has 0 radical (unpaired) electrons. The Morgan fingerprint density at radius 1 is 1.30 bits per heavy atom. The number of hydrogen-bond acceptors (Lipinski definition) is 6. The highest BCUT2D eigenvalue weighted by Gasteiger charge is 2.30. The van der Waals surface area contributed by atoms with Gasteiger partial charge in [0, 0.05) is 16.3 Å². The van der Waals surface area contributed by atoms with Crippen LogP contribution in [0.5, 0.6) is 0 Å². The Morgan fingerprint density at radius 2 is 2.03 bits per heavy atom. The lowest BCUT2D eigenvalue weighted by Gasteiger charge is -2.15.